The smallest absolute Gasteiger partial charge is 0.744 e. The third-order valence-electron chi connectivity index (χ3n) is 8.48. The summed E-state index contributed by atoms with van der Waals surface area (Å²) in [5.74, 6) is -0.490. The Morgan fingerprint density at radius 2 is 0.839 bits per heavy atom. The summed E-state index contributed by atoms with van der Waals surface area (Å²) in [4.78, 5) is -1.56. The van der Waals surface area contributed by atoms with Crippen molar-refractivity contribution in [2.24, 2.45) is 20.5 Å². The predicted molar refractivity (Wildman–Crippen MR) is 211 cm³/mol. The van der Waals surface area contributed by atoms with Gasteiger partial charge in [-0.1, -0.05) is 24.3 Å². The van der Waals surface area contributed by atoms with Crippen LogP contribution in [0.15, 0.2) is 125 Å². The maximum Gasteiger partial charge on any atom is 1.00 e. The largest absolute Gasteiger partial charge is 1.00 e. The number of phenolic OH excluding ortho intramolecular Hbond substituents is 2. The van der Waals surface area contributed by atoms with Crippen molar-refractivity contribution in [1.82, 2.24) is 0 Å². The number of phenols is 2. The maximum absolute atomic E-state index is 11.4. The minimum atomic E-state index is -4.66. The number of methoxy groups -OCH3 is 2. The first-order chi connectivity index (χ1) is 27.8. The van der Waals surface area contributed by atoms with Gasteiger partial charge in [0.2, 0.25) is 0 Å². The zero-order chi connectivity index (χ0) is 44.5. The van der Waals surface area contributed by atoms with Gasteiger partial charge >= 0.3 is 59.1 Å². The summed E-state index contributed by atoms with van der Waals surface area (Å²) in [5.41, 5.74) is 0.635. The summed E-state index contributed by atoms with van der Waals surface area (Å²) in [5, 5.41) is 37.7. The average molecular weight is 949 g/mol. The molecule has 0 bridgehead atoms. The van der Waals surface area contributed by atoms with Gasteiger partial charge in [0.1, 0.15) is 75.8 Å². The zero-order valence-corrected chi connectivity index (χ0v) is 40.5. The van der Waals surface area contributed by atoms with Crippen LogP contribution < -0.4 is 68.6 Å². The number of benzene rings is 6. The third-order valence-corrected chi connectivity index (χ3v) is 12.1. The fourth-order valence-corrected chi connectivity index (χ4v) is 8.09. The Hall–Kier alpha value is -4.12. The number of aromatic hydroxyl groups is 2. The van der Waals surface area contributed by atoms with E-state index in [4.69, 9.17) is 9.47 Å². The second-order valence-electron chi connectivity index (χ2n) is 12.5. The van der Waals surface area contributed by atoms with Gasteiger partial charge in [0, 0.05) is 22.9 Å². The van der Waals surface area contributed by atoms with E-state index in [1.807, 2.05) is 0 Å². The van der Waals surface area contributed by atoms with Crippen LogP contribution in [0.1, 0.15) is 11.1 Å². The monoisotopic (exact) mass is 948 g/mol. The molecule has 20 nitrogen and oxygen atoms in total. The molecule has 0 spiro atoms. The van der Waals surface area contributed by atoms with E-state index in [-0.39, 0.29) is 126 Å². The molecule has 6 rings (SSSR count). The summed E-state index contributed by atoms with van der Waals surface area (Å²) in [6.45, 7) is 2.89. The first kappa shape index (κ1) is 52.2. The number of fused-ring (bicyclic) bond motifs is 2. The molecule has 0 saturated carbocycles. The molecule has 0 aliphatic carbocycles. The molecule has 0 heterocycles. The number of aryl methyl sites for hydroxylation is 2. The van der Waals surface area contributed by atoms with Crippen molar-refractivity contribution in [3.8, 4) is 23.0 Å². The van der Waals surface area contributed by atoms with Gasteiger partial charge < -0.3 is 28.8 Å². The molecule has 0 unspecified atom stereocenters. The fraction of sp³-hybridized carbons (Fsp3) is 0.111. The van der Waals surface area contributed by atoms with E-state index in [2.05, 4.69) is 20.5 Å². The first-order valence-corrected chi connectivity index (χ1v) is 22.1. The van der Waals surface area contributed by atoms with Gasteiger partial charge in [-0.15, -0.1) is 20.5 Å². The summed E-state index contributed by atoms with van der Waals surface area (Å²) < 4.78 is 142. The summed E-state index contributed by atoms with van der Waals surface area (Å²) in [6, 6.07) is 17.3. The van der Waals surface area contributed by atoms with Gasteiger partial charge in [-0.05, 0) is 84.3 Å². The Bertz CT molecular complexity index is 3020. The SMILES string of the molecule is COc1cc(S(=O)(=O)O)c(C)cc1N=Nc1c(O)ccc2cc(S(=O)(=O)[O-])ccc12.COc1cc(S(=O)(=O)O)c(C)cc1N=Nc1c(O)ccc2cc(S(=O)(=O)[O-])ccc12.[Na+].[Na+]. The number of hydrogen-bond donors (Lipinski definition) is 4. The summed E-state index contributed by atoms with van der Waals surface area (Å²) in [7, 11) is -15.7. The predicted octanol–water partition coefficient (Wildman–Crippen LogP) is 0.865. The molecular weight excluding hydrogens is 919 g/mol. The van der Waals surface area contributed by atoms with Crippen LogP contribution in [-0.2, 0) is 40.5 Å². The minimum absolute atomic E-state index is 0. The first-order valence-electron chi connectivity index (χ1n) is 16.4. The fourth-order valence-electron chi connectivity index (χ4n) is 5.64. The molecule has 0 aromatic heterocycles. The zero-order valence-electron chi connectivity index (χ0n) is 33.2. The molecule has 316 valence electrons. The second-order valence-corrected chi connectivity index (χ2v) is 18.0. The van der Waals surface area contributed by atoms with E-state index in [0.717, 1.165) is 36.4 Å². The van der Waals surface area contributed by atoms with Crippen molar-refractivity contribution < 1.29 is 131 Å². The Balaban J connectivity index is 0.000000320. The van der Waals surface area contributed by atoms with Crippen LogP contribution in [0.4, 0.5) is 22.7 Å². The van der Waals surface area contributed by atoms with Crippen LogP contribution in [-0.4, -0.2) is 76.3 Å². The number of ether oxygens (including phenoxy) is 2. The Morgan fingerprint density at radius 1 is 0.500 bits per heavy atom. The molecule has 4 N–H and O–H groups in total. The van der Waals surface area contributed by atoms with E-state index >= 15 is 0 Å². The average Bonchev–Trinajstić information content (AvgIpc) is 3.15. The number of nitrogens with zero attached hydrogens (tertiary/aromatic N) is 4. The van der Waals surface area contributed by atoms with Crippen molar-refractivity contribution in [2.45, 2.75) is 33.4 Å². The molecule has 62 heavy (non-hydrogen) atoms. The minimum Gasteiger partial charge on any atom is -0.744 e. The number of rotatable bonds is 10. The number of hydrogen-bond acceptors (Lipinski definition) is 18. The molecule has 0 atom stereocenters. The van der Waals surface area contributed by atoms with Crippen molar-refractivity contribution in [1.29, 1.82) is 0 Å². The van der Waals surface area contributed by atoms with Crippen molar-refractivity contribution in [3.05, 3.63) is 96.1 Å². The molecule has 0 radical (unpaired) electrons. The van der Waals surface area contributed by atoms with E-state index < -0.39 is 50.3 Å². The molecule has 26 heteroatoms. The molecule has 0 amide bonds. The normalized spacial score (nSPS) is 12.1. The van der Waals surface area contributed by atoms with Crippen molar-refractivity contribution in [2.75, 3.05) is 14.2 Å². The molecule has 6 aromatic rings. The molecule has 0 aliphatic heterocycles. The Morgan fingerprint density at radius 3 is 1.13 bits per heavy atom. The van der Waals surface area contributed by atoms with Crippen molar-refractivity contribution >= 4 is 84.8 Å². The van der Waals surface area contributed by atoms with E-state index in [9.17, 15) is 62.1 Å². The molecule has 6 aromatic carbocycles. The number of azo groups is 2. The van der Waals surface area contributed by atoms with Crippen LogP contribution in [0.25, 0.3) is 21.5 Å². The Kier molecular flexibility index (Phi) is 17.0. The molecular formula is C36H30N4Na2O16S4. The quantitative estimate of drug-likeness (QED) is 0.0841. The third kappa shape index (κ3) is 12.1. The Labute approximate surface area is 398 Å². The van der Waals surface area contributed by atoms with Gasteiger partial charge in [0.05, 0.1) is 24.0 Å². The van der Waals surface area contributed by atoms with Crippen LogP contribution in [0, 0.1) is 13.8 Å². The van der Waals surface area contributed by atoms with Gasteiger partial charge in [0.25, 0.3) is 20.2 Å². The van der Waals surface area contributed by atoms with Crippen molar-refractivity contribution in [3.63, 3.8) is 0 Å². The molecule has 0 aliphatic rings. The second kappa shape index (κ2) is 20.2. The molecule has 0 fully saturated rings. The van der Waals surface area contributed by atoms with Gasteiger partial charge in [-0.2, -0.15) is 16.8 Å². The van der Waals surface area contributed by atoms with Gasteiger partial charge in [-0.3, -0.25) is 9.11 Å². The van der Waals surface area contributed by atoms with Crippen LogP contribution in [0.3, 0.4) is 0 Å². The van der Waals surface area contributed by atoms with E-state index in [1.54, 1.807) is 0 Å². The van der Waals surface area contributed by atoms with E-state index in [0.29, 0.717) is 21.5 Å². The standard InChI is InChI=1S/2C18H16N2O8S2.2Na/c2*1-10-7-14(16(28-2)9-17(10)30(25,26)27)19-20-18-13-5-4-12(29(22,23)24)8-11(13)3-6-15(18)21;;/h2*3-9,21H,1-2H3,(H,22,23,24)(H,25,26,27);;/q;;2*+1/p-2. The van der Waals surface area contributed by atoms with E-state index in [1.165, 1.54) is 76.6 Å². The summed E-state index contributed by atoms with van der Waals surface area (Å²) in [6.07, 6.45) is 0. The van der Waals surface area contributed by atoms with Crippen LogP contribution in [0.5, 0.6) is 23.0 Å². The topological polar surface area (TPSA) is 332 Å². The molecule has 0 saturated heterocycles. The van der Waals surface area contributed by atoms with Crippen LogP contribution >= 0.6 is 0 Å². The summed E-state index contributed by atoms with van der Waals surface area (Å²) >= 11 is 0. The van der Waals surface area contributed by atoms with Crippen LogP contribution in [0.2, 0.25) is 0 Å². The van der Waals surface area contributed by atoms with Gasteiger partial charge in [0.15, 0.2) is 0 Å². The van der Waals surface area contributed by atoms with Gasteiger partial charge in [-0.25, -0.2) is 16.8 Å². The maximum atomic E-state index is 11.4.